The minimum Gasteiger partial charge on any atom is -0.349 e. The van der Waals surface area contributed by atoms with Crippen LogP contribution >= 0.6 is 11.3 Å². The van der Waals surface area contributed by atoms with Gasteiger partial charge in [0.1, 0.15) is 4.88 Å². The minimum absolute atomic E-state index is 0.0285. The molecule has 3 aromatic rings. The summed E-state index contributed by atoms with van der Waals surface area (Å²) < 4.78 is 1.99. The van der Waals surface area contributed by atoms with Crippen LogP contribution in [0.3, 0.4) is 0 Å². The van der Waals surface area contributed by atoms with Gasteiger partial charge in [0.2, 0.25) is 0 Å². The summed E-state index contributed by atoms with van der Waals surface area (Å²) in [6, 6.07) is 10.2. The van der Waals surface area contributed by atoms with Crippen LogP contribution < -0.4 is 5.32 Å². The second-order valence-electron chi connectivity index (χ2n) is 5.29. The highest BCUT2D eigenvalue weighted by atomic mass is 32.1. The number of aryl methyl sites for hydroxylation is 1. The Morgan fingerprint density at radius 2 is 2.00 bits per heavy atom. The minimum atomic E-state index is -0.0285. The van der Waals surface area contributed by atoms with E-state index in [1.807, 2.05) is 61.7 Å². The number of rotatable bonds is 3. The number of imidazole rings is 1. The van der Waals surface area contributed by atoms with Gasteiger partial charge in [0, 0.05) is 23.5 Å². The summed E-state index contributed by atoms with van der Waals surface area (Å²) in [6.07, 6.45) is 1.99. The van der Waals surface area contributed by atoms with Gasteiger partial charge in [0.25, 0.3) is 5.91 Å². The van der Waals surface area contributed by atoms with Crippen molar-refractivity contribution in [2.45, 2.75) is 26.8 Å². The first-order valence-corrected chi connectivity index (χ1v) is 7.72. The second kappa shape index (κ2) is 5.33. The number of thiazole rings is 1. The summed E-state index contributed by atoms with van der Waals surface area (Å²) in [6.45, 7) is 5.87. The van der Waals surface area contributed by atoms with Crippen molar-refractivity contribution in [1.82, 2.24) is 14.7 Å². The topological polar surface area (TPSA) is 46.4 Å². The molecule has 2 aromatic heterocycles. The summed E-state index contributed by atoms with van der Waals surface area (Å²) >= 11 is 1.43. The maximum Gasteiger partial charge on any atom is 0.263 e. The lowest BCUT2D eigenvalue weighted by Gasteiger charge is -2.06. The molecule has 108 valence electrons. The van der Waals surface area contributed by atoms with E-state index in [-0.39, 0.29) is 11.9 Å². The average molecular weight is 299 g/mol. The highest BCUT2D eigenvalue weighted by Gasteiger charge is 2.18. The molecule has 0 bridgehead atoms. The van der Waals surface area contributed by atoms with Crippen molar-refractivity contribution in [1.29, 1.82) is 0 Å². The van der Waals surface area contributed by atoms with Crippen molar-refractivity contribution in [3.05, 3.63) is 47.1 Å². The van der Waals surface area contributed by atoms with Crippen LogP contribution in [0.5, 0.6) is 0 Å². The predicted octanol–water partition coefficient (Wildman–Crippen LogP) is 3.51. The molecule has 2 heterocycles. The maximum atomic E-state index is 12.2. The summed E-state index contributed by atoms with van der Waals surface area (Å²) in [4.78, 5) is 18.4. The zero-order valence-electron chi connectivity index (χ0n) is 12.3. The second-order valence-corrected chi connectivity index (χ2v) is 6.27. The molecule has 0 saturated carbocycles. The van der Waals surface area contributed by atoms with Crippen LogP contribution in [0.1, 0.15) is 29.2 Å². The van der Waals surface area contributed by atoms with E-state index < -0.39 is 0 Å². The fourth-order valence-electron chi connectivity index (χ4n) is 2.24. The molecule has 0 fully saturated rings. The number of aromatic nitrogens is 2. The number of hydrogen-bond donors (Lipinski definition) is 1. The van der Waals surface area contributed by atoms with E-state index in [1.54, 1.807) is 0 Å². The van der Waals surface area contributed by atoms with E-state index in [2.05, 4.69) is 10.3 Å². The summed E-state index contributed by atoms with van der Waals surface area (Å²) in [5.41, 5.74) is 2.95. The third-order valence-electron chi connectivity index (χ3n) is 3.25. The van der Waals surface area contributed by atoms with Crippen molar-refractivity contribution in [3.63, 3.8) is 0 Å². The van der Waals surface area contributed by atoms with Crippen LogP contribution in [0.2, 0.25) is 0 Å². The normalized spacial score (nSPS) is 11.2. The third kappa shape index (κ3) is 2.56. The highest BCUT2D eigenvalue weighted by molar-refractivity contribution is 7.19. The van der Waals surface area contributed by atoms with E-state index in [0.29, 0.717) is 0 Å². The number of nitrogens with zero attached hydrogens (tertiary/aromatic N) is 2. The van der Waals surface area contributed by atoms with Crippen molar-refractivity contribution < 1.29 is 4.79 Å². The molecular weight excluding hydrogens is 282 g/mol. The van der Waals surface area contributed by atoms with Gasteiger partial charge in [-0.1, -0.05) is 41.7 Å². The van der Waals surface area contributed by atoms with Gasteiger partial charge in [0.15, 0.2) is 4.96 Å². The molecule has 0 aliphatic rings. The van der Waals surface area contributed by atoms with Gasteiger partial charge in [-0.15, -0.1) is 0 Å². The van der Waals surface area contributed by atoms with Gasteiger partial charge < -0.3 is 5.32 Å². The molecule has 0 aliphatic heterocycles. The van der Waals surface area contributed by atoms with E-state index in [9.17, 15) is 4.79 Å². The Kier molecular flexibility index (Phi) is 3.51. The smallest absolute Gasteiger partial charge is 0.263 e. The van der Waals surface area contributed by atoms with Gasteiger partial charge in [-0.05, 0) is 20.8 Å². The largest absolute Gasteiger partial charge is 0.349 e. The molecule has 4 nitrogen and oxygen atoms in total. The van der Waals surface area contributed by atoms with Crippen molar-refractivity contribution in [2.75, 3.05) is 0 Å². The average Bonchev–Trinajstić information content (AvgIpc) is 2.99. The van der Waals surface area contributed by atoms with Crippen LogP contribution in [-0.4, -0.2) is 21.3 Å². The zero-order valence-corrected chi connectivity index (χ0v) is 13.1. The lowest BCUT2D eigenvalue weighted by molar-refractivity contribution is 0.0946. The summed E-state index contributed by atoms with van der Waals surface area (Å²) in [7, 11) is 0. The quantitative estimate of drug-likeness (QED) is 0.804. The molecule has 0 atom stereocenters. The Labute approximate surface area is 127 Å². The number of benzene rings is 1. The fourth-order valence-corrected chi connectivity index (χ4v) is 3.25. The van der Waals surface area contributed by atoms with Crippen molar-refractivity contribution in [2.24, 2.45) is 0 Å². The van der Waals surface area contributed by atoms with Gasteiger partial charge in [-0.3, -0.25) is 9.20 Å². The third-order valence-corrected chi connectivity index (χ3v) is 4.41. The van der Waals surface area contributed by atoms with Crippen LogP contribution in [0, 0.1) is 6.92 Å². The number of carbonyl (C=O) groups excluding carboxylic acids is 1. The molecule has 1 amide bonds. The lowest BCUT2D eigenvalue weighted by Crippen LogP contribution is -2.29. The molecule has 0 spiro atoms. The number of fused-ring (bicyclic) bond motifs is 1. The van der Waals surface area contributed by atoms with Crippen LogP contribution in [0.4, 0.5) is 0 Å². The summed E-state index contributed by atoms with van der Waals surface area (Å²) in [5.74, 6) is -0.0285. The van der Waals surface area contributed by atoms with Gasteiger partial charge in [-0.25, -0.2) is 4.98 Å². The standard InChI is InChI=1S/C16H17N3OS/c1-10(2)17-15(20)14-11(3)19-9-13(18-16(19)21-14)12-7-5-4-6-8-12/h4-10H,1-3H3,(H,17,20). The molecule has 21 heavy (non-hydrogen) atoms. The predicted molar refractivity (Wildman–Crippen MR) is 85.8 cm³/mol. The van der Waals surface area contributed by atoms with Crippen LogP contribution in [0.25, 0.3) is 16.2 Å². The highest BCUT2D eigenvalue weighted by Crippen LogP contribution is 2.27. The first-order valence-electron chi connectivity index (χ1n) is 6.91. The van der Waals surface area contributed by atoms with Crippen molar-refractivity contribution in [3.8, 4) is 11.3 Å². The van der Waals surface area contributed by atoms with E-state index >= 15 is 0 Å². The first-order chi connectivity index (χ1) is 10.1. The zero-order chi connectivity index (χ0) is 15.0. The Morgan fingerprint density at radius 1 is 1.29 bits per heavy atom. The summed E-state index contributed by atoms with van der Waals surface area (Å²) in [5, 5.41) is 2.93. The Bertz CT molecular complexity index is 787. The SMILES string of the molecule is Cc1c(C(=O)NC(C)C)sc2nc(-c3ccccc3)cn12. The van der Waals surface area contributed by atoms with Crippen LogP contribution in [-0.2, 0) is 0 Å². The lowest BCUT2D eigenvalue weighted by atomic mass is 10.2. The molecule has 3 rings (SSSR count). The van der Waals surface area contributed by atoms with E-state index in [4.69, 9.17) is 0 Å². The maximum absolute atomic E-state index is 12.2. The number of hydrogen-bond acceptors (Lipinski definition) is 3. The van der Waals surface area contributed by atoms with Crippen LogP contribution in [0.15, 0.2) is 36.5 Å². The molecule has 1 N–H and O–H groups in total. The fraction of sp³-hybridized carbons (Fsp3) is 0.250. The molecular formula is C16H17N3OS. The molecule has 0 radical (unpaired) electrons. The Balaban J connectivity index is 2.00. The Hall–Kier alpha value is -2.14. The first kappa shape index (κ1) is 13.8. The van der Waals surface area contributed by atoms with Gasteiger partial charge in [0.05, 0.1) is 5.69 Å². The molecule has 0 saturated heterocycles. The number of amides is 1. The monoisotopic (exact) mass is 299 g/mol. The van der Waals surface area contributed by atoms with E-state index in [1.165, 1.54) is 11.3 Å². The molecule has 5 heteroatoms. The molecule has 0 aliphatic carbocycles. The van der Waals surface area contributed by atoms with Gasteiger partial charge >= 0.3 is 0 Å². The van der Waals surface area contributed by atoms with Gasteiger partial charge in [-0.2, -0.15) is 0 Å². The number of nitrogens with one attached hydrogen (secondary N) is 1. The number of carbonyl (C=O) groups is 1. The molecule has 0 unspecified atom stereocenters. The van der Waals surface area contributed by atoms with Crippen molar-refractivity contribution >= 4 is 22.2 Å². The van der Waals surface area contributed by atoms with E-state index in [0.717, 1.165) is 26.8 Å². The molecule has 1 aromatic carbocycles. The Morgan fingerprint density at radius 3 is 2.62 bits per heavy atom.